The molecule has 0 saturated carbocycles. The van der Waals surface area contributed by atoms with Crippen molar-refractivity contribution in [2.45, 2.75) is 13.8 Å². The SMILES string of the molecule is CCOC(=O)C1=C(C)NC(=O)C1CN1CCN(C)CC1. The molecule has 2 rings (SSSR count). The molecule has 1 fully saturated rings. The van der Waals surface area contributed by atoms with Gasteiger partial charge in [0, 0.05) is 38.4 Å². The number of rotatable bonds is 4. The molecule has 1 N–H and O–H groups in total. The summed E-state index contributed by atoms with van der Waals surface area (Å²) in [4.78, 5) is 28.6. The maximum atomic E-state index is 12.0. The number of carbonyl (C=O) groups excluding carboxylic acids is 2. The molecule has 6 nitrogen and oxygen atoms in total. The molecule has 1 amide bonds. The lowest BCUT2D eigenvalue weighted by Crippen LogP contribution is -2.47. The number of amides is 1. The molecular weight excluding hydrogens is 258 g/mol. The minimum absolute atomic E-state index is 0.0931. The highest BCUT2D eigenvalue weighted by Gasteiger charge is 2.37. The molecule has 0 aromatic carbocycles. The quantitative estimate of drug-likeness (QED) is 0.724. The highest BCUT2D eigenvalue weighted by Crippen LogP contribution is 2.24. The first-order valence-corrected chi connectivity index (χ1v) is 7.12. The van der Waals surface area contributed by atoms with Crippen LogP contribution in [0.3, 0.4) is 0 Å². The van der Waals surface area contributed by atoms with Crippen molar-refractivity contribution in [1.82, 2.24) is 15.1 Å². The van der Waals surface area contributed by atoms with Crippen LogP contribution in [0.5, 0.6) is 0 Å². The maximum Gasteiger partial charge on any atom is 0.336 e. The minimum atomic E-state index is -0.405. The van der Waals surface area contributed by atoms with Gasteiger partial charge in [0.15, 0.2) is 0 Å². The monoisotopic (exact) mass is 281 g/mol. The Morgan fingerprint density at radius 1 is 1.35 bits per heavy atom. The van der Waals surface area contributed by atoms with E-state index in [0.717, 1.165) is 26.2 Å². The number of nitrogens with one attached hydrogen (secondary N) is 1. The van der Waals surface area contributed by atoms with Crippen LogP contribution in [0.1, 0.15) is 13.8 Å². The highest BCUT2D eigenvalue weighted by molar-refractivity contribution is 6.02. The van der Waals surface area contributed by atoms with E-state index in [2.05, 4.69) is 22.2 Å². The lowest BCUT2D eigenvalue weighted by molar-refractivity contribution is -0.140. The third-order valence-electron chi connectivity index (χ3n) is 3.91. The van der Waals surface area contributed by atoms with Crippen LogP contribution in [0, 0.1) is 5.92 Å². The second-order valence-electron chi connectivity index (χ2n) is 5.40. The van der Waals surface area contributed by atoms with Crippen molar-refractivity contribution in [3.63, 3.8) is 0 Å². The Bertz CT molecular complexity index is 425. The zero-order valence-corrected chi connectivity index (χ0v) is 12.4. The summed E-state index contributed by atoms with van der Waals surface area (Å²) in [5.41, 5.74) is 1.13. The molecule has 0 spiro atoms. The summed E-state index contributed by atoms with van der Waals surface area (Å²) < 4.78 is 5.07. The van der Waals surface area contributed by atoms with Gasteiger partial charge in [-0.25, -0.2) is 4.79 Å². The summed E-state index contributed by atoms with van der Waals surface area (Å²) >= 11 is 0. The lowest BCUT2D eigenvalue weighted by Gasteiger charge is -2.33. The largest absolute Gasteiger partial charge is 0.463 e. The fourth-order valence-electron chi connectivity index (χ4n) is 2.70. The van der Waals surface area contributed by atoms with Crippen molar-refractivity contribution < 1.29 is 14.3 Å². The van der Waals surface area contributed by atoms with Gasteiger partial charge in [0.25, 0.3) is 0 Å². The molecule has 0 aliphatic carbocycles. The topological polar surface area (TPSA) is 61.9 Å². The van der Waals surface area contributed by atoms with Gasteiger partial charge in [-0.2, -0.15) is 0 Å². The van der Waals surface area contributed by atoms with Gasteiger partial charge in [0.2, 0.25) is 5.91 Å². The Kier molecular flexibility index (Phi) is 4.77. The van der Waals surface area contributed by atoms with E-state index in [1.165, 1.54) is 0 Å². The zero-order valence-electron chi connectivity index (χ0n) is 12.4. The Hall–Kier alpha value is -1.40. The molecule has 6 heteroatoms. The van der Waals surface area contributed by atoms with Gasteiger partial charge in [0.05, 0.1) is 18.1 Å². The molecule has 2 heterocycles. The fraction of sp³-hybridized carbons (Fsp3) is 0.714. The normalized spacial score (nSPS) is 24.9. The molecular formula is C14H23N3O3. The van der Waals surface area contributed by atoms with Crippen LogP contribution >= 0.6 is 0 Å². The summed E-state index contributed by atoms with van der Waals surface area (Å²) in [6, 6.07) is 0. The number of esters is 1. The van der Waals surface area contributed by atoms with Crippen molar-refractivity contribution in [1.29, 1.82) is 0 Å². The summed E-state index contributed by atoms with van der Waals surface area (Å²) in [5.74, 6) is -0.871. The number of nitrogens with zero attached hydrogens (tertiary/aromatic N) is 2. The standard InChI is InChI=1S/C14H23N3O3/c1-4-20-14(19)12-10(2)15-13(18)11(12)9-17-7-5-16(3)6-8-17/h11H,4-9H2,1-3H3,(H,15,18). The van der Waals surface area contributed by atoms with E-state index < -0.39 is 5.92 Å². The van der Waals surface area contributed by atoms with Gasteiger partial charge >= 0.3 is 5.97 Å². The smallest absolute Gasteiger partial charge is 0.336 e. The third-order valence-corrected chi connectivity index (χ3v) is 3.91. The van der Waals surface area contributed by atoms with Gasteiger partial charge < -0.3 is 15.0 Å². The van der Waals surface area contributed by atoms with Gasteiger partial charge in [-0.1, -0.05) is 0 Å². The van der Waals surface area contributed by atoms with Gasteiger partial charge in [-0.3, -0.25) is 9.69 Å². The summed E-state index contributed by atoms with van der Waals surface area (Å²) in [5, 5.41) is 2.76. The first-order chi connectivity index (χ1) is 9.52. The van der Waals surface area contributed by atoms with Crippen LogP contribution in [0.2, 0.25) is 0 Å². The number of allylic oxidation sites excluding steroid dienone is 1. The van der Waals surface area contributed by atoms with Crippen LogP contribution < -0.4 is 5.32 Å². The molecule has 0 radical (unpaired) electrons. The zero-order chi connectivity index (χ0) is 14.7. The number of carbonyl (C=O) groups is 2. The number of hydrogen-bond acceptors (Lipinski definition) is 5. The number of likely N-dealkylation sites (N-methyl/N-ethyl adjacent to an activating group) is 1. The van der Waals surface area contributed by atoms with E-state index in [1.54, 1.807) is 13.8 Å². The van der Waals surface area contributed by atoms with Crippen LogP contribution in [0.4, 0.5) is 0 Å². The van der Waals surface area contributed by atoms with E-state index in [9.17, 15) is 9.59 Å². The lowest BCUT2D eigenvalue weighted by atomic mass is 9.99. The van der Waals surface area contributed by atoms with E-state index in [1.807, 2.05) is 0 Å². The number of piperazine rings is 1. The highest BCUT2D eigenvalue weighted by atomic mass is 16.5. The second kappa shape index (κ2) is 6.37. The summed E-state index contributed by atoms with van der Waals surface area (Å²) in [6.45, 7) is 8.28. The van der Waals surface area contributed by atoms with Crippen molar-refractivity contribution in [3.05, 3.63) is 11.3 Å². The van der Waals surface area contributed by atoms with E-state index >= 15 is 0 Å². The average Bonchev–Trinajstić information content (AvgIpc) is 2.67. The molecule has 2 aliphatic rings. The van der Waals surface area contributed by atoms with E-state index in [0.29, 0.717) is 24.4 Å². The Balaban J connectivity index is 2.04. The van der Waals surface area contributed by atoms with Crippen molar-refractivity contribution in [3.8, 4) is 0 Å². The predicted molar refractivity (Wildman–Crippen MR) is 74.9 cm³/mol. The molecule has 1 atom stereocenters. The number of ether oxygens (including phenoxy) is 1. The number of hydrogen-bond donors (Lipinski definition) is 1. The van der Waals surface area contributed by atoms with Crippen LogP contribution in [0.25, 0.3) is 0 Å². The first-order valence-electron chi connectivity index (χ1n) is 7.12. The van der Waals surface area contributed by atoms with Crippen LogP contribution in [-0.4, -0.2) is 68.1 Å². The minimum Gasteiger partial charge on any atom is -0.463 e. The summed E-state index contributed by atoms with van der Waals surface area (Å²) in [6.07, 6.45) is 0. The molecule has 0 bridgehead atoms. The molecule has 2 aliphatic heterocycles. The van der Waals surface area contributed by atoms with Crippen molar-refractivity contribution >= 4 is 11.9 Å². The van der Waals surface area contributed by atoms with Gasteiger partial charge in [0.1, 0.15) is 0 Å². The molecule has 1 unspecified atom stereocenters. The van der Waals surface area contributed by atoms with Gasteiger partial charge in [-0.15, -0.1) is 0 Å². The molecule has 0 aromatic rings. The van der Waals surface area contributed by atoms with Gasteiger partial charge in [-0.05, 0) is 20.9 Å². The molecule has 112 valence electrons. The Labute approximate surface area is 119 Å². The fourth-order valence-corrected chi connectivity index (χ4v) is 2.70. The van der Waals surface area contributed by atoms with E-state index in [4.69, 9.17) is 4.74 Å². The third kappa shape index (κ3) is 3.19. The molecule has 0 aromatic heterocycles. The van der Waals surface area contributed by atoms with Crippen molar-refractivity contribution in [2.75, 3.05) is 46.4 Å². The average molecular weight is 281 g/mol. The summed E-state index contributed by atoms with van der Waals surface area (Å²) in [7, 11) is 2.09. The predicted octanol–water partition coefficient (Wildman–Crippen LogP) is -0.183. The van der Waals surface area contributed by atoms with E-state index in [-0.39, 0.29) is 11.9 Å². The Morgan fingerprint density at radius 2 is 2.00 bits per heavy atom. The van der Waals surface area contributed by atoms with Crippen LogP contribution in [-0.2, 0) is 14.3 Å². The maximum absolute atomic E-state index is 12.0. The van der Waals surface area contributed by atoms with Crippen molar-refractivity contribution in [2.24, 2.45) is 5.92 Å². The first kappa shape index (κ1) is 15.0. The molecule has 1 saturated heterocycles. The Morgan fingerprint density at radius 3 is 2.60 bits per heavy atom. The van der Waals surface area contributed by atoms with Crippen LogP contribution in [0.15, 0.2) is 11.3 Å². The molecule has 20 heavy (non-hydrogen) atoms. The second-order valence-corrected chi connectivity index (χ2v) is 5.40.